The number of amides is 1. The van der Waals surface area contributed by atoms with Gasteiger partial charge in [-0.15, -0.1) is 12.4 Å². The molecule has 4 rings (SSSR count). The van der Waals surface area contributed by atoms with Crippen LogP contribution < -0.4 is 10.6 Å². The third-order valence-corrected chi connectivity index (χ3v) is 4.60. The van der Waals surface area contributed by atoms with E-state index < -0.39 is 0 Å². The molecule has 0 bridgehead atoms. The van der Waals surface area contributed by atoms with Gasteiger partial charge < -0.3 is 19.8 Å². The normalized spacial score (nSPS) is 17.9. The highest BCUT2D eigenvalue weighted by Crippen LogP contribution is 2.28. The number of benzene rings is 2. The van der Waals surface area contributed by atoms with Crippen molar-refractivity contribution in [2.75, 3.05) is 19.8 Å². The lowest BCUT2D eigenvalue weighted by Crippen LogP contribution is -2.44. The average Bonchev–Trinajstić information content (AvgIpc) is 3.11. The van der Waals surface area contributed by atoms with Crippen LogP contribution in [0.2, 0.25) is 0 Å². The van der Waals surface area contributed by atoms with E-state index in [0.29, 0.717) is 19.6 Å². The van der Waals surface area contributed by atoms with Crippen LogP contribution in [0.5, 0.6) is 0 Å². The molecule has 1 aromatic heterocycles. The van der Waals surface area contributed by atoms with Crippen LogP contribution >= 0.6 is 12.4 Å². The lowest BCUT2D eigenvalue weighted by atomic mass is 10.0. The first-order valence-corrected chi connectivity index (χ1v) is 8.93. The van der Waals surface area contributed by atoms with E-state index in [2.05, 4.69) is 10.6 Å². The molecule has 2 aromatic carbocycles. The number of ether oxygens (including phenoxy) is 1. The second-order valence-electron chi connectivity index (χ2n) is 6.53. The molecule has 2 unspecified atom stereocenters. The number of rotatable bonds is 5. The fourth-order valence-electron chi connectivity index (χ4n) is 3.30. The minimum atomic E-state index is -0.319. The summed E-state index contributed by atoms with van der Waals surface area (Å²) in [5, 5.41) is 7.47. The van der Waals surface area contributed by atoms with Crippen molar-refractivity contribution in [3.05, 3.63) is 72.0 Å². The summed E-state index contributed by atoms with van der Waals surface area (Å²) in [6.45, 7) is 2.04. The van der Waals surface area contributed by atoms with Gasteiger partial charge in [-0.2, -0.15) is 0 Å². The molecule has 6 heteroatoms. The van der Waals surface area contributed by atoms with Gasteiger partial charge in [-0.05, 0) is 17.7 Å². The minimum Gasteiger partial charge on any atom is -0.459 e. The quantitative estimate of drug-likeness (QED) is 0.705. The van der Waals surface area contributed by atoms with Crippen LogP contribution in [-0.4, -0.2) is 31.7 Å². The third kappa shape index (κ3) is 4.69. The zero-order chi connectivity index (χ0) is 17.8. The molecule has 27 heavy (non-hydrogen) atoms. The summed E-state index contributed by atoms with van der Waals surface area (Å²) >= 11 is 0. The van der Waals surface area contributed by atoms with Crippen molar-refractivity contribution in [1.82, 2.24) is 10.6 Å². The molecule has 0 spiro atoms. The lowest BCUT2D eigenvalue weighted by molar-refractivity contribution is -0.122. The molecule has 0 radical (unpaired) electrons. The monoisotopic (exact) mass is 386 g/mol. The lowest BCUT2D eigenvalue weighted by Gasteiger charge is -2.24. The van der Waals surface area contributed by atoms with Gasteiger partial charge >= 0.3 is 0 Å². The first kappa shape index (κ1) is 19.4. The zero-order valence-corrected chi connectivity index (χ0v) is 15.7. The summed E-state index contributed by atoms with van der Waals surface area (Å²) in [5.74, 6) is 0.709. The number of hydrogen-bond donors (Lipinski definition) is 2. The molecular weight excluding hydrogens is 364 g/mol. The Morgan fingerprint density at radius 3 is 2.67 bits per heavy atom. The van der Waals surface area contributed by atoms with E-state index in [1.807, 2.05) is 60.7 Å². The average molecular weight is 387 g/mol. The highest BCUT2D eigenvalue weighted by atomic mass is 35.5. The van der Waals surface area contributed by atoms with Crippen molar-refractivity contribution in [2.45, 2.75) is 18.5 Å². The van der Waals surface area contributed by atoms with Crippen LogP contribution in [0.15, 0.2) is 65.1 Å². The van der Waals surface area contributed by atoms with Crippen LogP contribution in [0.3, 0.4) is 0 Å². The predicted octanol–water partition coefficient (Wildman–Crippen LogP) is 3.44. The molecule has 1 amide bonds. The summed E-state index contributed by atoms with van der Waals surface area (Å²) in [7, 11) is 0. The van der Waals surface area contributed by atoms with Gasteiger partial charge in [-0.1, -0.05) is 48.5 Å². The number of halogens is 1. The van der Waals surface area contributed by atoms with Crippen molar-refractivity contribution in [3.63, 3.8) is 0 Å². The van der Waals surface area contributed by atoms with Gasteiger partial charge in [0, 0.05) is 24.4 Å². The first-order chi connectivity index (χ1) is 12.8. The second-order valence-corrected chi connectivity index (χ2v) is 6.53. The van der Waals surface area contributed by atoms with Crippen LogP contribution in [0.25, 0.3) is 11.0 Å². The molecule has 5 nitrogen and oxygen atoms in total. The summed E-state index contributed by atoms with van der Waals surface area (Å²) in [4.78, 5) is 12.6. The first-order valence-electron chi connectivity index (χ1n) is 8.93. The maximum atomic E-state index is 12.6. The standard InChI is InChI=1S/C21H22N2O3.ClH/c24-20(13-17-14-25-11-10-22-17)23-21(15-6-2-1-3-7-15)19-12-16-8-4-5-9-18(16)26-19;/h1-9,12,17,21-22H,10-11,13-14H2,(H,23,24);1H. The van der Waals surface area contributed by atoms with Gasteiger partial charge in [-0.3, -0.25) is 4.79 Å². The Morgan fingerprint density at radius 1 is 1.15 bits per heavy atom. The van der Waals surface area contributed by atoms with Gasteiger partial charge in [0.25, 0.3) is 0 Å². The minimum absolute atomic E-state index is 0. The number of hydrogen-bond acceptors (Lipinski definition) is 4. The molecule has 2 heterocycles. The zero-order valence-electron chi connectivity index (χ0n) is 14.9. The van der Waals surface area contributed by atoms with Crippen LogP contribution in [0.1, 0.15) is 23.8 Å². The Bertz CT molecular complexity index is 842. The molecule has 0 saturated carbocycles. The van der Waals surface area contributed by atoms with Gasteiger partial charge in [0.1, 0.15) is 17.4 Å². The van der Waals surface area contributed by atoms with Crippen molar-refractivity contribution >= 4 is 29.3 Å². The molecule has 3 aromatic rings. The van der Waals surface area contributed by atoms with Gasteiger partial charge in [-0.25, -0.2) is 0 Å². The SMILES string of the molecule is Cl.O=C(CC1COCCN1)NC(c1ccccc1)c1cc2ccccc2o1. The Hall–Kier alpha value is -2.34. The fourth-order valence-corrected chi connectivity index (χ4v) is 3.30. The molecule has 1 aliphatic heterocycles. The second kappa shape index (κ2) is 9.04. The number of nitrogens with one attached hydrogen (secondary N) is 2. The van der Waals surface area contributed by atoms with Crippen molar-refractivity contribution in [3.8, 4) is 0 Å². The highest BCUT2D eigenvalue weighted by Gasteiger charge is 2.23. The number of morpholine rings is 1. The van der Waals surface area contributed by atoms with Crippen LogP contribution in [-0.2, 0) is 9.53 Å². The van der Waals surface area contributed by atoms with Crippen LogP contribution in [0, 0.1) is 0 Å². The molecule has 1 saturated heterocycles. The van der Waals surface area contributed by atoms with E-state index in [1.165, 1.54) is 0 Å². The van der Waals surface area contributed by atoms with Crippen molar-refractivity contribution in [2.24, 2.45) is 0 Å². The van der Waals surface area contributed by atoms with E-state index in [9.17, 15) is 4.79 Å². The van der Waals surface area contributed by atoms with Gasteiger partial charge in [0.15, 0.2) is 0 Å². The van der Waals surface area contributed by atoms with E-state index in [0.717, 1.165) is 28.8 Å². The number of furan rings is 1. The molecule has 1 fully saturated rings. The van der Waals surface area contributed by atoms with Gasteiger partial charge in [0.05, 0.1) is 13.2 Å². The molecule has 0 aliphatic carbocycles. The molecular formula is C21H23ClN2O3. The van der Waals surface area contributed by atoms with Crippen molar-refractivity contribution < 1.29 is 13.9 Å². The Morgan fingerprint density at radius 2 is 1.93 bits per heavy atom. The fraction of sp³-hybridized carbons (Fsp3) is 0.286. The number of carbonyl (C=O) groups excluding carboxylic acids is 1. The molecule has 2 N–H and O–H groups in total. The van der Waals surface area contributed by atoms with E-state index >= 15 is 0 Å². The summed E-state index contributed by atoms with van der Waals surface area (Å²) in [5.41, 5.74) is 1.81. The maximum absolute atomic E-state index is 12.6. The third-order valence-electron chi connectivity index (χ3n) is 4.60. The van der Waals surface area contributed by atoms with E-state index in [4.69, 9.17) is 9.15 Å². The Kier molecular flexibility index (Phi) is 6.50. The van der Waals surface area contributed by atoms with Gasteiger partial charge in [0.2, 0.25) is 5.91 Å². The Balaban J connectivity index is 0.00000210. The largest absolute Gasteiger partial charge is 0.459 e. The number of fused-ring (bicyclic) bond motifs is 1. The summed E-state index contributed by atoms with van der Waals surface area (Å²) in [6.07, 6.45) is 0.379. The molecule has 2 atom stereocenters. The maximum Gasteiger partial charge on any atom is 0.222 e. The number of carbonyl (C=O) groups is 1. The summed E-state index contributed by atoms with van der Waals surface area (Å²) in [6, 6.07) is 19.5. The Labute approximate surface area is 164 Å². The van der Waals surface area contributed by atoms with E-state index in [1.54, 1.807) is 0 Å². The molecule has 1 aliphatic rings. The van der Waals surface area contributed by atoms with E-state index in [-0.39, 0.29) is 30.4 Å². The summed E-state index contributed by atoms with van der Waals surface area (Å²) < 4.78 is 11.5. The topological polar surface area (TPSA) is 63.5 Å². The van der Waals surface area contributed by atoms with Crippen LogP contribution in [0.4, 0.5) is 0 Å². The predicted molar refractivity (Wildman–Crippen MR) is 107 cm³/mol. The van der Waals surface area contributed by atoms with Crippen molar-refractivity contribution in [1.29, 1.82) is 0 Å². The highest BCUT2D eigenvalue weighted by molar-refractivity contribution is 5.85. The smallest absolute Gasteiger partial charge is 0.222 e. The number of para-hydroxylation sites is 1. The molecule has 142 valence electrons.